The van der Waals surface area contributed by atoms with Crippen molar-refractivity contribution in [3.05, 3.63) is 47.5 Å². The molecular formula is C21H26N2O5. The molecule has 0 atom stereocenters. The fraction of sp³-hybridized carbons (Fsp3) is 0.333. The van der Waals surface area contributed by atoms with E-state index in [1.165, 1.54) is 7.05 Å². The molecule has 0 aromatic heterocycles. The lowest BCUT2D eigenvalue weighted by molar-refractivity contribution is 0.0964. The Balaban J connectivity index is 2.41. The highest BCUT2D eigenvalue weighted by atomic mass is 16.5. The van der Waals surface area contributed by atoms with Crippen LogP contribution in [0.25, 0.3) is 0 Å². The van der Waals surface area contributed by atoms with Gasteiger partial charge in [0, 0.05) is 12.6 Å². The van der Waals surface area contributed by atoms with Crippen molar-refractivity contribution in [3.8, 4) is 17.2 Å². The molecule has 0 fully saturated rings. The summed E-state index contributed by atoms with van der Waals surface area (Å²) in [5, 5.41) is 5.34. The van der Waals surface area contributed by atoms with Crippen molar-refractivity contribution in [3.63, 3.8) is 0 Å². The maximum Gasteiger partial charge on any atom is 0.255 e. The summed E-state index contributed by atoms with van der Waals surface area (Å²) in [5.41, 5.74) is 1.12. The number of rotatable bonds is 9. The summed E-state index contributed by atoms with van der Waals surface area (Å²) in [7, 11) is 1.54. The number of benzene rings is 2. The highest BCUT2D eigenvalue weighted by Crippen LogP contribution is 2.39. The van der Waals surface area contributed by atoms with Gasteiger partial charge in [-0.3, -0.25) is 9.59 Å². The van der Waals surface area contributed by atoms with E-state index in [-0.39, 0.29) is 11.8 Å². The van der Waals surface area contributed by atoms with Crippen LogP contribution < -0.4 is 24.8 Å². The van der Waals surface area contributed by atoms with Crippen LogP contribution in [-0.4, -0.2) is 38.7 Å². The Hall–Kier alpha value is -3.22. The van der Waals surface area contributed by atoms with Crippen LogP contribution in [0.15, 0.2) is 36.4 Å². The van der Waals surface area contributed by atoms with E-state index in [0.717, 1.165) is 0 Å². The van der Waals surface area contributed by atoms with Crippen molar-refractivity contribution < 1.29 is 23.8 Å². The molecule has 2 N–H and O–H groups in total. The molecule has 0 aliphatic rings. The smallest absolute Gasteiger partial charge is 0.255 e. The summed E-state index contributed by atoms with van der Waals surface area (Å²) in [6.07, 6.45) is 0. The van der Waals surface area contributed by atoms with Gasteiger partial charge in [-0.1, -0.05) is 12.1 Å². The van der Waals surface area contributed by atoms with Gasteiger partial charge in [-0.05, 0) is 45.0 Å². The molecule has 2 aromatic carbocycles. The van der Waals surface area contributed by atoms with Gasteiger partial charge in [0.2, 0.25) is 5.75 Å². The number of para-hydroxylation sites is 1. The average molecular weight is 386 g/mol. The second-order valence-corrected chi connectivity index (χ2v) is 5.68. The van der Waals surface area contributed by atoms with Gasteiger partial charge in [0.25, 0.3) is 11.8 Å². The van der Waals surface area contributed by atoms with Crippen molar-refractivity contribution >= 4 is 17.5 Å². The lowest BCUT2D eigenvalue weighted by Gasteiger charge is -2.17. The predicted octanol–water partition coefficient (Wildman–Crippen LogP) is 3.49. The van der Waals surface area contributed by atoms with Crippen molar-refractivity contribution in [1.29, 1.82) is 0 Å². The number of carbonyl (C=O) groups excluding carboxylic acids is 2. The quantitative estimate of drug-likeness (QED) is 0.689. The first-order chi connectivity index (χ1) is 13.5. The monoisotopic (exact) mass is 386 g/mol. The molecule has 0 unspecified atom stereocenters. The summed E-state index contributed by atoms with van der Waals surface area (Å²) in [6.45, 7) is 6.82. The number of carbonyl (C=O) groups is 2. The number of ether oxygens (including phenoxy) is 3. The molecule has 150 valence electrons. The minimum atomic E-state index is -0.388. The van der Waals surface area contributed by atoms with Gasteiger partial charge in [0.1, 0.15) is 0 Å². The van der Waals surface area contributed by atoms with Crippen LogP contribution in [0.1, 0.15) is 41.5 Å². The van der Waals surface area contributed by atoms with Crippen molar-refractivity contribution in [2.45, 2.75) is 20.8 Å². The Kier molecular flexibility index (Phi) is 7.68. The summed E-state index contributed by atoms with van der Waals surface area (Å²) in [5.74, 6) is 0.655. The highest BCUT2D eigenvalue weighted by Gasteiger charge is 2.19. The minimum absolute atomic E-state index is 0.285. The lowest BCUT2D eigenvalue weighted by atomic mass is 10.1. The molecule has 7 heteroatoms. The zero-order valence-electron chi connectivity index (χ0n) is 16.6. The van der Waals surface area contributed by atoms with Crippen LogP contribution in [0.2, 0.25) is 0 Å². The zero-order chi connectivity index (χ0) is 20.5. The molecule has 0 spiro atoms. The molecule has 0 radical (unpaired) electrons. The van der Waals surface area contributed by atoms with Gasteiger partial charge in [-0.25, -0.2) is 0 Å². The van der Waals surface area contributed by atoms with Gasteiger partial charge >= 0.3 is 0 Å². The third-order valence-electron chi connectivity index (χ3n) is 3.82. The molecule has 28 heavy (non-hydrogen) atoms. The summed E-state index contributed by atoms with van der Waals surface area (Å²) in [6, 6.07) is 10.0. The normalized spacial score (nSPS) is 10.1. The molecule has 2 rings (SSSR count). The first-order valence-electron chi connectivity index (χ1n) is 9.24. The van der Waals surface area contributed by atoms with Gasteiger partial charge in [-0.15, -0.1) is 0 Å². The number of hydrogen-bond donors (Lipinski definition) is 2. The van der Waals surface area contributed by atoms with Crippen molar-refractivity contribution in [2.75, 3.05) is 32.2 Å². The van der Waals surface area contributed by atoms with E-state index in [1.54, 1.807) is 36.4 Å². The molecule has 2 aromatic rings. The molecule has 0 saturated carbocycles. The largest absolute Gasteiger partial charge is 0.490 e. The minimum Gasteiger partial charge on any atom is -0.490 e. The Morgan fingerprint density at radius 1 is 0.857 bits per heavy atom. The Labute approximate surface area is 165 Å². The van der Waals surface area contributed by atoms with Crippen LogP contribution in [0, 0.1) is 0 Å². The molecule has 0 heterocycles. The Morgan fingerprint density at radius 3 is 1.96 bits per heavy atom. The SMILES string of the molecule is CCOc1cc(C(=O)Nc2ccccc2C(=O)NC)cc(OCC)c1OCC. The van der Waals surface area contributed by atoms with Crippen LogP contribution in [-0.2, 0) is 0 Å². The fourth-order valence-electron chi connectivity index (χ4n) is 2.64. The zero-order valence-corrected chi connectivity index (χ0v) is 16.6. The van der Waals surface area contributed by atoms with E-state index in [1.807, 2.05) is 20.8 Å². The third-order valence-corrected chi connectivity index (χ3v) is 3.82. The number of anilines is 1. The molecule has 2 amide bonds. The van der Waals surface area contributed by atoms with Gasteiger partial charge in [0.05, 0.1) is 31.1 Å². The standard InChI is InChI=1S/C21H26N2O5/c1-5-26-17-12-14(13-18(27-6-2)19(17)28-7-3)20(24)23-16-11-9-8-10-15(16)21(25)22-4/h8-13H,5-7H2,1-4H3,(H,22,25)(H,23,24). The Bertz CT molecular complexity index is 808. The predicted molar refractivity (Wildman–Crippen MR) is 108 cm³/mol. The molecule has 7 nitrogen and oxygen atoms in total. The summed E-state index contributed by atoms with van der Waals surface area (Å²) in [4.78, 5) is 24.9. The second kappa shape index (κ2) is 10.2. The average Bonchev–Trinajstić information content (AvgIpc) is 2.70. The van der Waals surface area contributed by atoms with Crippen molar-refractivity contribution in [1.82, 2.24) is 5.32 Å². The maximum absolute atomic E-state index is 12.9. The summed E-state index contributed by atoms with van der Waals surface area (Å²) >= 11 is 0. The second-order valence-electron chi connectivity index (χ2n) is 5.68. The first kappa shape index (κ1) is 21.1. The fourth-order valence-corrected chi connectivity index (χ4v) is 2.64. The highest BCUT2D eigenvalue weighted by molar-refractivity contribution is 6.09. The first-order valence-corrected chi connectivity index (χ1v) is 9.24. The Morgan fingerprint density at radius 2 is 1.43 bits per heavy atom. The van der Waals surface area contributed by atoms with Gasteiger partial charge in [-0.2, -0.15) is 0 Å². The third kappa shape index (κ3) is 4.94. The van der Waals surface area contributed by atoms with E-state index >= 15 is 0 Å². The molecule has 0 saturated heterocycles. The van der Waals surface area contributed by atoms with E-state index in [2.05, 4.69) is 10.6 Å². The molecule has 0 bridgehead atoms. The number of nitrogens with one attached hydrogen (secondary N) is 2. The van der Waals surface area contributed by atoms with E-state index in [0.29, 0.717) is 53.9 Å². The maximum atomic E-state index is 12.9. The van der Waals surface area contributed by atoms with Crippen LogP contribution >= 0.6 is 0 Å². The van der Waals surface area contributed by atoms with E-state index in [9.17, 15) is 9.59 Å². The molecule has 0 aliphatic heterocycles. The molecular weight excluding hydrogens is 360 g/mol. The number of hydrogen-bond acceptors (Lipinski definition) is 5. The lowest BCUT2D eigenvalue weighted by Crippen LogP contribution is -2.21. The van der Waals surface area contributed by atoms with Crippen LogP contribution in [0.4, 0.5) is 5.69 Å². The summed E-state index contributed by atoms with van der Waals surface area (Å²) < 4.78 is 17.0. The topological polar surface area (TPSA) is 85.9 Å². The molecule has 0 aliphatic carbocycles. The van der Waals surface area contributed by atoms with Gasteiger partial charge in [0.15, 0.2) is 11.5 Å². The van der Waals surface area contributed by atoms with Crippen LogP contribution in [0.3, 0.4) is 0 Å². The number of amides is 2. The van der Waals surface area contributed by atoms with Gasteiger partial charge < -0.3 is 24.8 Å². The van der Waals surface area contributed by atoms with E-state index in [4.69, 9.17) is 14.2 Å². The van der Waals surface area contributed by atoms with Crippen LogP contribution in [0.5, 0.6) is 17.2 Å². The van der Waals surface area contributed by atoms with Crippen molar-refractivity contribution in [2.24, 2.45) is 0 Å². The van der Waals surface area contributed by atoms with E-state index < -0.39 is 0 Å².